The average Bonchev–Trinajstić information content (AvgIpc) is 2.76. The fraction of sp³-hybridized carbons (Fsp3) is 0.455. The molecule has 3 rings (SSSR count). The van der Waals surface area contributed by atoms with Gasteiger partial charge in [-0.15, -0.1) is 0 Å². The van der Waals surface area contributed by atoms with Crippen molar-refractivity contribution in [3.05, 3.63) is 64.2 Å². The van der Waals surface area contributed by atoms with Gasteiger partial charge in [-0.1, -0.05) is 29.8 Å². The number of aliphatic hydroxyl groups excluding tert-OH is 4. The molecule has 4 N–H and O–H groups in total. The molecule has 1 fully saturated rings. The molecule has 0 bridgehead atoms. The number of hydrogen-bond donors (Lipinski definition) is 4. The average molecular weight is 439 g/mol. The van der Waals surface area contributed by atoms with Gasteiger partial charge in [-0.05, 0) is 48.7 Å². The Hall–Kier alpha value is -1.71. The van der Waals surface area contributed by atoms with Crippen molar-refractivity contribution in [1.82, 2.24) is 0 Å². The minimum Gasteiger partial charge on any atom is -0.494 e. The van der Waals surface area contributed by atoms with E-state index in [-0.39, 0.29) is 0 Å². The molecular weight excluding hydrogens is 412 g/mol. The molecule has 2 aromatic rings. The Balaban J connectivity index is 1.94. The first-order chi connectivity index (χ1) is 14.4. The van der Waals surface area contributed by atoms with Crippen molar-refractivity contribution in [2.24, 2.45) is 0 Å². The maximum Gasteiger partial charge on any atom is 0.224 e. The summed E-state index contributed by atoms with van der Waals surface area (Å²) in [7, 11) is 1.32. The summed E-state index contributed by atoms with van der Waals surface area (Å²) >= 11 is 6.40. The third-order valence-corrected chi connectivity index (χ3v) is 5.70. The molecule has 1 saturated heterocycles. The standard InChI is InChI=1S/C22H27ClO7/c1-3-29-16-7-4-13(5-8-16)10-14-11-15(6-9-17(14)23)22(28-2)21(27)20(26)19(25)18(12-24)30-22/h4-9,11,18-21,24-27H,3,10,12H2,1-2H3/t18?,19?,20?,21?,22-/m1/s1. The zero-order valence-electron chi connectivity index (χ0n) is 16.9. The summed E-state index contributed by atoms with van der Waals surface area (Å²) in [6.07, 6.45) is -5.23. The maximum atomic E-state index is 10.7. The minimum absolute atomic E-state index is 0.409. The molecule has 0 aliphatic carbocycles. The highest BCUT2D eigenvalue weighted by Gasteiger charge is 2.55. The van der Waals surface area contributed by atoms with Crippen LogP contribution >= 0.6 is 11.6 Å². The Bertz CT molecular complexity index is 842. The lowest BCUT2D eigenvalue weighted by atomic mass is 9.87. The summed E-state index contributed by atoms with van der Waals surface area (Å²) in [5, 5.41) is 41.1. The SMILES string of the molecule is CCOc1ccc(Cc2cc([C@@]3(OC)OC(CO)C(O)C(O)C3O)ccc2Cl)cc1. The summed E-state index contributed by atoms with van der Waals surface area (Å²) in [5.41, 5.74) is 2.16. The molecule has 5 atom stereocenters. The predicted octanol–water partition coefficient (Wildman–Crippen LogP) is 1.60. The number of ether oxygens (including phenoxy) is 3. The van der Waals surface area contributed by atoms with Gasteiger partial charge in [0, 0.05) is 17.7 Å². The van der Waals surface area contributed by atoms with Crippen molar-refractivity contribution >= 4 is 11.6 Å². The normalized spacial score (nSPS) is 29.0. The summed E-state index contributed by atoms with van der Waals surface area (Å²) in [6.45, 7) is 1.95. The van der Waals surface area contributed by atoms with Gasteiger partial charge in [0.2, 0.25) is 5.79 Å². The Morgan fingerprint density at radius 2 is 1.77 bits per heavy atom. The molecule has 7 nitrogen and oxygen atoms in total. The summed E-state index contributed by atoms with van der Waals surface area (Å²) < 4.78 is 16.7. The molecule has 0 amide bonds. The van der Waals surface area contributed by atoms with Gasteiger partial charge in [-0.3, -0.25) is 0 Å². The third kappa shape index (κ3) is 4.33. The molecular formula is C22H27ClO7. The second-order valence-electron chi connectivity index (χ2n) is 7.20. The molecule has 8 heteroatoms. The zero-order valence-corrected chi connectivity index (χ0v) is 17.6. The van der Waals surface area contributed by atoms with Crippen molar-refractivity contribution in [3.63, 3.8) is 0 Å². The van der Waals surface area contributed by atoms with Crippen molar-refractivity contribution in [2.45, 2.75) is 43.5 Å². The lowest BCUT2D eigenvalue weighted by Gasteiger charge is -2.47. The number of rotatable bonds is 7. The quantitative estimate of drug-likeness (QED) is 0.520. The largest absolute Gasteiger partial charge is 0.494 e. The van der Waals surface area contributed by atoms with E-state index in [0.717, 1.165) is 16.9 Å². The van der Waals surface area contributed by atoms with Gasteiger partial charge in [-0.2, -0.15) is 0 Å². The molecule has 2 aromatic carbocycles. The predicted molar refractivity (Wildman–Crippen MR) is 111 cm³/mol. The molecule has 4 unspecified atom stereocenters. The van der Waals surface area contributed by atoms with Crippen LogP contribution in [0.1, 0.15) is 23.6 Å². The van der Waals surface area contributed by atoms with E-state index < -0.39 is 36.8 Å². The summed E-state index contributed by atoms with van der Waals surface area (Å²) in [4.78, 5) is 0. The van der Waals surface area contributed by atoms with Crippen LogP contribution in [0, 0.1) is 0 Å². The van der Waals surface area contributed by atoms with Crippen LogP contribution < -0.4 is 4.74 Å². The molecule has 0 aromatic heterocycles. The Morgan fingerprint density at radius 1 is 1.07 bits per heavy atom. The Morgan fingerprint density at radius 3 is 2.37 bits per heavy atom. The van der Waals surface area contributed by atoms with Crippen LogP contribution in [0.2, 0.25) is 5.02 Å². The van der Waals surface area contributed by atoms with Gasteiger partial charge in [0.1, 0.15) is 30.2 Å². The fourth-order valence-corrected chi connectivity index (χ4v) is 3.87. The molecule has 1 aliphatic heterocycles. The van der Waals surface area contributed by atoms with E-state index in [1.807, 2.05) is 31.2 Å². The molecule has 0 spiro atoms. The highest BCUT2D eigenvalue weighted by molar-refractivity contribution is 6.31. The van der Waals surface area contributed by atoms with Crippen LogP contribution in [0.15, 0.2) is 42.5 Å². The van der Waals surface area contributed by atoms with E-state index in [1.54, 1.807) is 18.2 Å². The Kier molecular flexibility index (Phi) is 7.36. The van der Waals surface area contributed by atoms with Crippen LogP contribution in [-0.2, 0) is 21.7 Å². The van der Waals surface area contributed by atoms with E-state index in [1.165, 1.54) is 7.11 Å². The van der Waals surface area contributed by atoms with E-state index in [9.17, 15) is 20.4 Å². The summed E-state index contributed by atoms with van der Waals surface area (Å²) in [5.74, 6) is -0.995. The third-order valence-electron chi connectivity index (χ3n) is 5.33. The van der Waals surface area contributed by atoms with E-state index in [2.05, 4.69) is 0 Å². The number of halogens is 1. The summed E-state index contributed by atoms with van der Waals surface area (Å²) in [6, 6.07) is 12.6. The maximum absolute atomic E-state index is 10.7. The van der Waals surface area contributed by atoms with Crippen LogP contribution in [0.5, 0.6) is 5.75 Å². The molecule has 30 heavy (non-hydrogen) atoms. The first-order valence-electron chi connectivity index (χ1n) is 9.75. The van der Waals surface area contributed by atoms with Crippen molar-refractivity contribution < 1.29 is 34.6 Å². The van der Waals surface area contributed by atoms with Crippen LogP contribution in [0.3, 0.4) is 0 Å². The second kappa shape index (κ2) is 9.62. The van der Waals surface area contributed by atoms with Crippen molar-refractivity contribution in [2.75, 3.05) is 20.3 Å². The van der Waals surface area contributed by atoms with Crippen LogP contribution in [0.25, 0.3) is 0 Å². The first kappa shape index (κ1) is 23.0. The Labute approximate surface area is 180 Å². The minimum atomic E-state index is -1.77. The lowest BCUT2D eigenvalue weighted by molar-refractivity contribution is -0.366. The first-order valence-corrected chi connectivity index (χ1v) is 10.1. The molecule has 1 aliphatic rings. The molecule has 0 radical (unpaired) electrons. The topological polar surface area (TPSA) is 109 Å². The zero-order chi connectivity index (χ0) is 21.9. The van der Waals surface area contributed by atoms with Gasteiger partial charge in [-0.25, -0.2) is 0 Å². The van der Waals surface area contributed by atoms with Gasteiger partial charge in [0.15, 0.2) is 0 Å². The van der Waals surface area contributed by atoms with E-state index >= 15 is 0 Å². The van der Waals surface area contributed by atoms with Crippen molar-refractivity contribution in [1.29, 1.82) is 0 Å². The lowest BCUT2D eigenvalue weighted by Crippen LogP contribution is -2.64. The number of methoxy groups -OCH3 is 1. The molecule has 164 valence electrons. The fourth-order valence-electron chi connectivity index (χ4n) is 3.68. The highest BCUT2D eigenvalue weighted by Crippen LogP contribution is 2.40. The smallest absolute Gasteiger partial charge is 0.224 e. The monoisotopic (exact) mass is 438 g/mol. The van der Waals surface area contributed by atoms with Crippen LogP contribution in [-0.4, -0.2) is 65.2 Å². The number of hydrogen-bond acceptors (Lipinski definition) is 7. The molecule has 0 saturated carbocycles. The van der Waals surface area contributed by atoms with Gasteiger partial charge in [0.25, 0.3) is 0 Å². The van der Waals surface area contributed by atoms with Gasteiger partial charge < -0.3 is 34.6 Å². The van der Waals surface area contributed by atoms with Crippen molar-refractivity contribution in [3.8, 4) is 5.75 Å². The van der Waals surface area contributed by atoms with E-state index in [4.69, 9.17) is 25.8 Å². The van der Waals surface area contributed by atoms with Crippen LogP contribution in [0.4, 0.5) is 0 Å². The number of aliphatic hydroxyl groups is 4. The van der Waals surface area contributed by atoms with Gasteiger partial charge >= 0.3 is 0 Å². The molecule has 1 heterocycles. The van der Waals surface area contributed by atoms with Gasteiger partial charge in [0.05, 0.1) is 13.2 Å². The van der Waals surface area contributed by atoms with E-state index in [0.29, 0.717) is 23.6 Å². The number of benzene rings is 2. The highest BCUT2D eigenvalue weighted by atomic mass is 35.5. The second-order valence-corrected chi connectivity index (χ2v) is 7.60.